The van der Waals surface area contributed by atoms with E-state index in [4.69, 9.17) is 4.74 Å². The Kier molecular flexibility index (Phi) is 5.17. The standard InChI is InChI=1S/C15H25BrN2O3/c1-15(2,3)21-14(20)17-11-4-6-12(7-5-11)18-9-10(16)8-13(18)19/h10-12H,4-9H2,1-3H3,(H,17,20). The van der Waals surface area contributed by atoms with Crippen LogP contribution in [0.3, 0.4) is 0 Å². The average molecular weight is 361 g/mol. The molecule has 21 heavy (non-hydrogen) atoms. The zero-order valence-corrected chi connectivity index (χ0v) is 14.6. The largest absolute Gasteiger partial charge is 0.444 e. The summed E-state index contributed by atoms with van der Waals surface area (Å²) >= 11 is 3.52. The van der Waals surface area contributed by atoms with Gasteiger partial charge in [0.2, 0.25) is 5.91 Å². The van der Waals surface area contributed by atoms with Crippen molar-refractivity contribution in [2.75, 3.05) is 6.54 Å². The number of carbonyl (C=O) groups is 2. The van der Waals surface area contributed by atoms with E-state index in [1.54, 1.807) is 0 Å². The first-order chi connectivity index (χ1) is 9.74. The molecule has 1 aliphatic heterocycles. The molecule has 1 saturated heterocycles. The van der Waals surface area contributed by atoms with Gasteiger partial charge >= 0.3 is 6.09 Å². The summed E-state index contributed by atoms with van der Waals surface area (Å²) in [6, 6.07) is 0.491. The first kappa shape index (κ1) is 16.6. The second-order valence-electron chi connectivity index (χ2n) is 7.00. The Balaban J connectivity index is 1.76. The van der Waals surface area contributed by atoms with E-state index in [1.807, 2.05) is 25.7 Å². The van der Waals surface area contributed by atoms with Gasteiger partial charge in [0.25, 0.3) is 0 Å². The highest BCUT2D eigenvalue weighted by Crippen LogP contribution is 2.29. The van der Waals surface area contributed by atoms with Crippen molar-refractivity contribution >= 4 is 27.9 Å². The lowest BCUT2D eigenvalue weighted by Crippen LogP contribution is -2.45. The number of nitrogens with zero attached hydrogens (tertiary/aromatic N) is 1. The second-order valence-corrected chi connectivity index (χ2v) is 8.29. The molecule has 1 heterocycles. The van der Waals surface area contributed by atoms with Gasteiger partial charge in [-0.25, -0.2) is 4.79 Å². The van der Waals surface area contributed by atoms with Crippen LogP contribution in [0.25, 0.3) is 0 Å². The number of alkyl halides is 1. The maximum atomic E-state index is 11.9. The molecule has 1 atom stereocenters. The van der Waals surface area contributed by atoms with Crippen molar-refractivity contribution in [1.82, 2.24) is 10.2 Å². The normalized spacial score (nSPS) is 30.4. The van der Waals surface area contributed by atoms with Gasteiger partial charge in [-0.1, -0.05) is 15.9 Å². The summed E-state index contributed by atoms with van der Waals surface area (Å²) < 4.78 is 5.28. The number of carbonyl (C=O) groups excluding carboxylic acids is 2. The quantitative estimate of drug-likeness (QED) is 0.770. The fourth-order valence-electron chi connectivity index (χ4n) is 3.05. The summed E-state index contributed by atoms with van der Waals surface area (Å²) in [5, 5.41) is 2.93. The number of amides is 2. The van der Waals surface area contributed by atoms with Crippen molar-refractivity contribution in [3.05, 3.63) is 0 Å². The first-order valence-electron chi connectivity index (χ1n) is 7.67. The molecule has 1 aliphatic carbocycles. The van der Waals surface area contributed by atoms with Gasteiger partial charge in [0.05, 0.1) is 0 Å². The monoisotopic (exact) mass is 360 g/mol. The Morgan fingerprint density at radius 3 is 2.38 bits per heavy atom. The van der Waals surface area contributed by atoms with E-state index in [2.05, 4.69) is 21.2 Å². The Labute approximate surface area is 134 Å². The van der Waals surface area contributed by atoms with Crippen molar-refractivity contribution in [1.29, 1.82) is 0 Å². The third-order valence-corrected chi connectivity index (χ3v) is 4.58. The number of halogens is 1. The predicted molar refractivity (Wildman–Crippen MR) is 84.5 cm³/mol. The number of hydrogen-bond acceptors (Lipinski definition) is 3. The summed E-state index contributed by atoms with van der Waals surface area (Å²) in [4.78, 5) is 26.0. The summed E-state index contributed by atoms with van der Waals surface area (Å²) in [6.45, 7) is 6.39. The van der Waals surface area contributed by atoms with Crippen LogP contribution in [0.1, 0.15) is 52.9 Å². The first-order valence-corrected chi connectivity index (χ1v) is 8.59. The molecule has 0 aromatic rings. The highest BCUT2D eigenvalue weighted by molar-refractivity contribution is 9.09. The molecule has 6 heteroatoms. The van der Waals surface area contributed by atoms with E-state index in [-0.39, 0.29) is 18.0 Å². The lowest BCUT2D eigenvalue weighted by molar-refractivity contribution is -0.130. The maximum absolute atomic E-state index is 11.9. The van der Waals surface area contributed by atoms with Crippen LogP contribution in [0.2, 0.25) is 0 Å². The Bertz CT molecular complexity index is 400. The van der Waals surface area contributed by atoms with Gasteiger partial charge in [-0.3, -0.25) is 4.79 Å². The van der Waals surface area contributed by atoms with E-state index in [9.17, 15) is 9.59 Å². The summed E-state index contributed by atoms with van der Waals surface area (Å²) in [5.41, 5.74) is -0.464. The number of likely N-dealkylation sites (tertiary alicyclic amines) is 1. The van der Waals surface area contributed by atoms with Gasteiger partial charge < -0.3 is 15.0 Å². The third kappa shape index (κ3) is 4.87. The Hall–Kier alpha value is -0.780. The van der Waals surface area contributed by atoms with Crippen molar-refractivity contribution in [2.45, 2.75) is 75.4 Å². The fourth-order valence-corrected chi connectivity index (χ4v) is 3.63. The predicted octanol–water partition coefficient (Wildman–Crippen LogP) is 2.82. The number of alkyl carbamates (subject to hydrolysis) is 1. The number of ether oxygens (including phenoxy) is 1. The van der Waals surface area contributed by atoms with Gasteiger partial charge in [0.1, 0.15) is 5.60 Å². The number of nitrogens with one attached hydrogen (secondary N) is 1. The molecule has 0 aromatic carbocycles. The highest BCUT2D eigenvalue weighted by atomic mass is 79.9. The second kappa shape index (κ2) is 6.55. The molecule has 1 N–H and O–H groups in total. The van der Waals surface area contributed by atoms with Crippen molar-refractivity contribution < 1.29 is 14.3 Å². The molecule has 2 amide bonds. The highest BCUT2D eigenvalue weighted by Gasteiger charge is 2.35. The third-order valence-electron chi connectivity index (χ3n) is 3.97. The van der Waals surface area contributed by atoms with Crippen LogP contribution in [-0.4, -0.2) is 46.0 Å². The SMILES string of the molecule is CC(C)(C)OC(=O)NC1CCC(N2CC(Br)CC2=O)CC1. The van der Waals surface area contributed by atoms with Crippen LogP contribution >= 0.6 is 15.9 Å². The van der Waals surface area contributed by atoms with E-state index < -0.39 is 5.60 Å². The van der Waals surface area contributed by atoms with Crippen LogP contribution in [0.5, 0.6) is 0 Å². The molecule has 0 bridgehead atoms. The van der Waals surface area contributed by atoms with Crippen LogP contribution in [0.15, 0.2) is 0 Å². The summed E-state index contributed by atoms with van der Waals surface area (Å²) in [7, 11) is 0. The number of hydrogen-bond donors (Lipinski definition) is 1. The molecule has 0 spiro atoms. The minimum Gasteiger partial charge on any atom is -0.444 e. The summed E-state index contributed by atoms with van der Waals surface area (Å²) in [5.74, 6) is 0.250. The van der Waals surface area contributed by atoms with Crippen molar-refractivity contribution in [2.24, 2.45) is 0 Å². The molecule has 2 aliphatic rings. The molecular weight excluding hydrogens is 336 g/mol. The molecule has 1 saturated carbocycles. The lowest BCUT2D eigenvalue weighted by atomic mass is 9.90. The smallest absolute Gasteiger partial charge is 0.407 e. The van der Waals surface area contributed by atoms with Gasteiger partial charge in [0, 0.05) is 29.9 Å². The Morgan fingerprint density at radius 2 is 1.90 bits per heavy atom. The van der Waals surface area contributed by atoms with E-state index in [0.717, 1.165) is 32.2 Å². The molecule has 5 nitrogen and oxygen atoms in total. The maximum Gasteiger partial charge on any atom is 0.407 e. The van der Waals surface area contributed by atoms with Crippen molar-refractivity contribution in [3.63, 3.8) is 0 Å². The van der Waals surface area contributed by atoms with Crippen LogP contribution in [-0.2, 0) is 9.53 Å². The molecule has 0 radical (unpaired) electrons. The minimum atomic E-state index is -0.464. The average Bonchev–Trinajstić information content (AvgIpc) is 2.67. The molecule has 0 aromatic heterocycles. The van der Waals surface area contributed by atoms with E-state index in [1.165, 1.54) is 0 Å². The van der Waals surface area contributed by atoms with Crippen LogP contribution in [0.4, 0.5) is 4.79 Å². The number of rotatable bonds is 2. The van der Waals surface area contributed by atoms with Gasteiger partial charge in [-0.2, -0.15) is 0 Å². The molecule has 1 unspecified atom stereocenters. The van der Waals surface area contributed by atoms with Gasteiger partial charge in [-0.05, 0) is 46.5 Å². The van der Waals surface area contributed by atoms with E-state index >= 15 is 0 Å². The zero-order valence-electron chi connectivity index (χ0n) is 13.0. The zero-order chi connectivity index (χ0) is 15.6. The minimum absolute atomic E-state index is 0.161. The molecular formula is C15H25BrN2O3. The van der Waals surface area contributed by atoms with Crippen molar-refractivity contribution in [3.8, 4) is 0 Å². The molecule has 2 fully saturated rings. The van der Waals surface area contributed by atoms with E-state index in [0.29, 0.717) is 17.3 Å². The Morgan fingerprint density at radius 1 is 1.29 bits per heavy atom. The topological polar surface area (TPSA) is 58.6 Å². The van der Waals surface area contributed by atoms with Crippen LogP contribution in [0, 0.1) is 0 Å². The van der Waals surface area contributed by atoms with Gasteiger partial charge in [-0.15, -0.1) is 0 Å². The lowest BCUT2D eigenvalue weighted by Gasteiger charge is -2.35. The fraction of sp³-hybridized carbons (Fsp3) is 0.867. The van der Waals surface area contributed by atoms with Gasteiger partial charge in [0.15, 0.2) is 0 Å². The molecule has 120 valence electrons. The van der Waals surface area contributed by atoms with Crippen LogP contribution < -0.4 is 5.32 Å². The summed E-state index contributed by atoms with van der Waals surface area (Å²) in [6.07, 6.45) is 3.97. The molecule has 2 rings (SSSR count).